The second-order valence-electron chi connectivity index (χ2n) is 11.7. The number of morpholine rings is 1. The number of para-hydroxylation sites is 1. The number of ether oxygens (including phenoxy) is 2. The Bertz CT molecular complexity index is 1540. The lowest BCUT2D eigenvalue weighted by Crippen LogP contribution is -2.50. The predicted molar refractivity (Wildman–Crippen MR) is 172 cm³/mol. The number of piperidine rings is 1. The highest BCUT2D eigenvalue weighted by atomic mass is 19.1. The normalized spacial score (nSPS) is 17.9. The van der Waals surface area contributed by atoms with E-state index in [0.29, 0.717) is 49.3 Å². The molecule has 2 aromatic carbocycles. The number of halogens is 1. The molecule has 2 aliphatic rings. The molecule has 0 aliphatic carbocycles. The number of amides is 1. The lowest BCUT2D eigenvalue weighted by molar-refractivity contribution is -0.128. The largest absolute Gasteiger partial charge is 0.457 e. The summed E-state index contributed by atoms with van der Waals surface area (Å²) in [7, 11) is 1.76. The number of hydrogen-bond acceptors (Lipinski definition) is 10. The molecule has 11 nitrogen and oxygen atoms in total. The van der Waals surface area contributed by atoms with Crippen molar-refractivity contribution in [3.63, 3.8) is 0 Å². The lowest BCUT2D eigenvalue weighted by atomic mass is 9.99. The molecule has 2 fully saturated rings. The third kappa shape index (κ3) is 7.58. The number of nitrogens with zero attached hydrogens (tertiary/aromatic N) is 4. The minimum Gasteiger partial charge on any atom is -0.457 e. The number of likely N-dealkylation sites (tertiary alicyclic amines) is 1. The number of rotatable bonds is 10. The van der Waals surface area contributed by atoms with E-state index in [4.69, 9.17) is 20.6 Å². The van der Waals surface area contributed by atoms with E-state index in [9.17, 15) is 4.79 Å². The van der Waals surface area contributed by atoms with Gasteiger partial charge in [-0.15, -0.1) is 0 Å². The number of nitrogens with two attached hydrogens (primary N) is 1. The second kappa shape index (κ2) is 14.0. The van der Waals surface area contributed by atoms with E-state index in [1.807, 2.05) is 29.2 Å². The molecule has 1 amide bonds. The summed E-state index contributed by atoms with van der Waals surface area (Å²) in [4.78, 5) is 26.3. The first kappa shape index (κ1) is 31.9. The molecule has 0 saturated carbocycles. The number of likely N-dealkylation sites (N-methyl/N-ethyl adjacent to an activating group) is 1. The molecular formula is C33H41FN8O3. The zero-order valence-electron chi connectivity index (χ0n) is 26.0. The van der Waals surface area contributed by atoms with Gasteiger partial charge in [0, 0.05) is 56.4 Å². The van der Waals surface area contributed by atoms with Gasteiger partial charge in [0.15, 0.2) is 0 Å². The standard InChI is InChI=1S/C33H41FN8O3/c1-33(2,42-14-16-44-17-15-42)19-27(37-3)32(43)41-13-7-8-22(20-41)40-31-28(30(36)38-21-39-31)29(35)25-12-11-24(18-26(25)34)45-23-9-5-4-6-10-23/h4-6,9-12,18-19,21-22,35,37H,7-8,13-17,20H2,1-3H3,(H3,36,38,39,40)/b27-19-,35-29?/t22-/m1/s1. The molecule has 0 radical (unpaired) electrons. The van der Waals surface area contributed by atoms with Crippen molar-refractivity contribution in [3.05, 3.63) is 83.6 Å². The molecule has 1 atom stereocenters. The van der Waals surface area contributed by atoms with Crippen molar-refractivity contribution >= 4 is 23.3 Å². The van der Waals surface area contributed by atoms with E-state index in [1.54, 1.807) is 25.2 Å². The minimum absolute atomic E-state index is 0.0343. The molecule has 45 heavy (non-hydrogen) atoms. The van der Waals surface area contributed by atoms with Crippen LogP contribution in [0.4, 0.5) is 16.0 Å². The first-order valence-corrected chi connectivity index (χ1v) is 15.2. The van der Waals surface area contributed by atoms with Crippen LogP contribution in [0.3, 0.4) is 0 Å². The molecule has 0 bridgehead atoms. The summed E-state index contributed by atoms with van der Waals surface area (Å²) in [6.45, 7) is 8.20. The van der Waals surface area contributed by atoms with Crippen LogP contribution >= 0.6 is 0 Å². The maximum Gasteiger partial charge on any atom is 0.269 e. The first-order valence-electron chi connectivity index (χ1n) is 15.2. The fourth-order valence-corrected chi connectivity index (χ4v) is 5.74. The van der Waals surface area contributed by atoms with Gasteiger partial charge in [-0.05, 0) is 57.0 Å². The van der Waals surface area contributed by atoms with E-state index in [-0.39, 0.29) is 40.1 Å². The van der Waals surface area contributed by atoms with Crippen LogP contribution in [-0.2, 0) is 9.53 Å². The molecule has 12 heteroatoms. The van der Waals surface area contributed by atoms with Gasteiger partial charge < -0.3 is 30.7 Å². The van der Waals surface area contributed by atoms with Crippen molar-refractivity contribution < 1.29 is 18.7 Å². The van der Waals surface area contributed by atoms with Crippen molar-refractivity contribution in [2.75, 3.05) is 57.5 Å². The SMILES string of the molecule is CN/C(=C\C(C)(C)N1CCOCC1)C(=O)N1CCC[C@@H](Nc2ncnc(N)c2C(=N)c2ccc(Oc3ccccc3)cc2F)C1. The number of nitrogen functional groups attached to an aromatic ring is 1. The highest BCUT2D eigenvalue weighted by Gasteiger charge is 2.31. The van der Waals surface area contributed by atoms with Crippen LogP contribution in [0.2, 0.25) is 0 Å². The monoisotopic (exact) mass is 616 g/mol. The van der Waals surface area contributed by atoms with Crippen LogP contribution in [0.5, 0.6) is 11.5 Å². The molecule has 3 aromatic rings. The quantitative estimate of drug-likeness (QED) is 0.196. The molecular weight excluding hydrogens is 575 g/mol. The summed E-state index contributed by atoms with van der Waals surface area (Å²) in [5.41, 5.74) is 6.50. The van der Waals surface area contributed by atoms with Crippen LogP contribution in [0.25, 0.3) is 0 Å². The fraction of sp³-hybridized carbons (Fsp3) is 0.394. The Morgan fingerprint density at radius 1 is 1.13 bits per heavy atom. The van der Waals surface area contributed by atoms with Gasteiger partial charge in [0.2, 0.25) is 0 Å². The van der Waals surface area contributed by atoms with Gasteiger partial charge in [0.25, 0.3) is 5.91 Å². The number of carbonyl (C=O) groups is 1. The van der Waals surface area contributed by atoms with E-state index < -0.39 is 5.82 Å². The summed E-state index contributed by atoms with van der Waals surface area (Å²) in [6.07, 6.45) is 4.85. The summed E-state index contributed by atoms with van der Waals surface area (Å²) in [5.74, 6) is 0.528. The van der Waals surface area contributed by atoms with Crippen LogP contribution in [-0.4, -0.2) is 89.4 Å². The maximum absolute atomic E-state index is 15.3. The summed E-state index contributed by atoms with van der Waals surface area (Å²) < 4.78 is 26.5. The Morgan fingerprint density at radius 2 is 1.89 bits per heavy atom. The summed E-state index contributed by atoms with van der Waals surface area (Å²) in [5, 5.41) is 15.4. The smallest absolute Gasteiger partial charge is 0.269 e. The van der Waals surface area contributed by atoms with Crippen molar-refractivity contribution in [1.29, 1.82) is 5.41 Å². The van der Waals surface area contributed by atoms with E-state index in [1.165, 1.54) is 18.5 Å². The predicted octanol–water partition coefficient (Wildman–Crippen LogP) is 4.02. The fourth-order valence-electron chi connectivity index (χ4n) is 5.74. The molecule has 2 saturated heterocycles. The van der Waals surface area contributed by atoms with Gasteiger partial charge in [0.1, 0.15) is 35.3 Å². The molecule has 238 valence electrons. The molecule has 5 N–H and O–H groups in total. The Hall–Kier alpha value is -4.55. The second-order valence-corrected chi connectivity index (χ2v) is 11.7. The summed E-state index contributed by atoms with van der Waals surface area (Å²) in [6, 6.07) is 13.2. The molecule has 5 rings (SSSR count). The lowest BCUT2D eigenvalue weighted by Gasteiger charge is -2.40. The van der Waals surface area contributed by atoms with Gasteiger partial charge in [-0.25, -0.2) is 14.4 Å². The molecule has 0 unspecified atom stereocenters. The number of benzene rings is 2. The number of nitrogens with one attached hydrogen (secondary N) is 3. The number of aromatic nitrogens is 2. The molecule has 3 heterocycles. The Kier molecular flexibility index (Phi) is 9.94. The van der Waals surface area contributed by atoms with Gasteiger partial charge in [-0.3, -0.25) is 15.1 Å². The van der Waals surface area contributed by atoms with Crippen molar-refractivity contribution in [3.8, 4) is 11.5 Å². The maximum atomic E-state index is 15.3. The average Bonchev–Trinajstić information content (AvgIpc) is 3.04. The first-order chi connectivity index (χ1) is 21.7. The van der Waals surface area contributed by atoms with E-state index in [0.717, 1.165) is 25.9 Å². The van der Waals surface area contributed by atoms with Gasteiger partial charge >= 0.3 is 0 Å². The van der Waals surface area contributed by atoms with Crippen LogP contribution in [0.15, 0.2) is 66.6 Å². The Balaban J connectivity index is 1.30. The Labute approximate surface area is 263 Å². The number of anilines is 2. The van der Waals surface area contributed by atoms with Crippen LogP contribution in [0.1, 0.15) is 37.8 Å². The van der Waals surface area contributed by atoms with E-state index in [2.05, 4.69) is 39.3 Å². The third-order valence-corrected chi connectivity index (χ3v) is 8.19. The Morgan fingerprint density at radius 3 is 2.60 bits per heavy atom. The third-order valence-electron chi connectivity index (χ3n) is 8.19. The highest BCUT2D eigenvalue weighted by molar-refractivity contribution is 6.16. The van der Waals surface area contributed by atoms with Crippen LogP contribution < -0.4 is 21.1 Å². The number of carbonyl (C=O) groups excluding carboxylic acids is 1. The minimum atomic E-state index is -0.636. The zero-order chi connectivity index (χ0) is 32.0. The topological polar surface area (TPSA) is 142 Å². The molecule has 0 spiro atoms. The average molecular weight is 617 g/mol. The zero-order valence-corrected chi connectivity index (χ0v) is 26.0. The molecule has 2 aliphatic heterocycles. The number of hydrogen-bond donors (Lipinski definition) is 4. The van der Waals surface area contributed by atoms with Crippen LogP contribution in [0, 0.1) is 11.2 Å². The van der Waals surface area contributed by atoms with Crippen molar-refractivity contribution in [1.82, 2.24) is 25.1 Å². The molecule has 1 aromatic heterocycles. The van der Waals surface area contributed by atoms with E-state index >= 15 is 4.39 Å². The van der Waals surface area contributed by atoms with Crippen molar-refractivity contribution in [2.45, 2.75) is 38.3 Å². The summed E-state index contributed by atoms with van der Waals surface area (Å²) >= 11 is 0. The van der Waals surface area contributed by atoms with Gasteiger partial charge in [0.05, 0.1) is 30.2 Å². The van der Waals surface area contributed by atoms with Gasteiger partial charge in [-0.1, -0.05) is 18.2 Å². The highest BCUT2D eigenvalue weighted by Crippen LogP contribution is 2.29. The van der Waals surface area contributed by atoms with Crippen molar-refractivity contribution in [2.24, 2.45) is 0 Å². The van der Waals surface area contributed by atoms with Gasteiger partial charge in [-0.2, -0.15) is 0 Å².